The van der Waals surface area contributed by atoms with Crippen LogP contribution < -0.4 is 10.1 Å². The van der Waals surface area contributed by atoms with E-state index in [1.54, 1.807) is 14.1 Å². The Morgan fingerprint density at radius 2 is 2.10 bits per heavy atom. The predicted molar refractivity (Wildman–Crippen MR) is 85.8 cm³/mol. The maximum Gasteiger partial charge on any atom is 0.321 e. The maximum atomic E-state index is 11.6. The first-order valence-electron chi connectivity index (χ1n) is 7.86. The van der Waals surface area contributed by atoms with Crippen molar-refractivity contribution in [3.05, 3.63) is 24.3 Å². The molecule has 2 rings (SSSR count). The molecule has 1 saturated carbocycles. The van der Waals surface area contributed by atoms with Gasteiger partial charge in [0.2, 0.25) is 0 Å². The molecule has 21 heavy (non-hydrogen) atoms. The summed E-state index contributed by atoms with van der Waals surface area (Å²) in [5, 5.41) is 2.82. The molecule has 1 aromatic carbocycles. The van der Waals surface area contributed by atoms with Crippen molar-refractivity contribution in [1.82, 2.24) is 4.90 Å². The minimum Gasteiger partial charge on any atom is -0.494 e. The van der Waals surface area contributed by atoms with E-state index in [0.717, 1.165) is 30.4 Å². The summed E-state index contributed by atoms with van der Waals surface area (Å²) in [6.07, 6.45) is 7.98. The van der Waals surface area contributed by atoms with Crippen LogP contribution in [-0.4, -0.2) is 31.6 Å². The first-order valence-corrected chi connectivity index (χ1v) is 7.86. The van der Waals surface area contributed by atoms with Crippen LogP contribution in [0.4, 0.5) is 10.5 Å². The first kappa shape index (κ1) is 15.7. The second-order valence-corrected chi connectivity index (χ2v) is 5.99. The second-order valence-electron chi connectivity index (χ2n) is 5.99. The van der Waals surface area contributed by atoms with Gasteiger partial charge in [0, 0.05) is 25.8 Å². The molecule has 1 aromatic rings. The molecular formula is C17H26N2O2. The third kappa shape index (κ3) is 5.29. The van der Waals surface area contributed by atoms with E-state index in [2.05, 4.69) is 5.32 Å². The van der Waals surface area contributed by atoms with Crippen LogP contribution in [0, 0.1) is 5.92 Å². The van der Waals surface area contributed by atoms with Crippen molar-refractivity contribution < 1.29 is 9.53 Å². The van der Waals surface area contributed by atoms with Crippen LogP contribution in [0.25, 0.3) is 0 Å². The number of nitrogens with zero attached hydrogens (tertiary/aromatic N) is 1. The number of hydrogen-bond donors (Lipinski definition) is 1. The topological polar surface area (TPSA) is 41.6 Å². The van der Waals surface area contributed by atoms with E-state index in [9.17, 15) is 4.79 Å². The lowest BCUT2D eigenvalue weighted by Gasteiger charge is -2.13. The molecule has 0 radical (unpaired) electrons. The van der Waals surface area contributed by atoms with Crippen LogP contribution in [-0.2, 0) is 0 Å². The van der Waals surface area contributed by atoms with Crippen LogP contribution in [0.1, 0.15) is 38.5 Å². The van der Waals surface area contributed by atoms with Crippen molar-refractivity contribution in [3.63, 3.8) is 0 Å². The Bertz CT molecular complexity index is 454. The summed E-state index contributed by atoms with van der Waals surface area (Å²) in [6.45, 7) is 0.752. The molecular weight excluding hydrogens is 264 g/mol. The van der Waals surface area contributed by atoms with E-state index >= 15 is 0 Å². The summed E-state index contributed by atoms with van der Waals surface area (Å²) >= 11 is 0. The Labute approximate surface area is 127 Å². The van der Waals surface area contributed by atoms with E-state index < -0.39 is 0 Å². The summed E-state index contributed by atoms with van der Waals surface area (Å²) < 4.78 is 5.78. The van der Waals surface area contributed by atoms with Gasteiger partial charge in [0.15, 0.2) is 0 Å². The lowest BCUT2D eigenvalue weighted by Crippen LogP contribution is -2.27. The molecule has 0 heterocycles. The number of carbonyl (C=O) groups is 1. The van der Waals surface area contributed by atoms with Crippen molar-refractivity contribution >= 4 is 11.7 Å². The van der Waals surface area contributed by atoms with Crippen LogP contribution in [0.5, 0.6) is 5.75 Å². The number of nitrogens with one attached hydrogen (secondary N) is 1. The number of rotatable bonds is 6. The van der Waals surface area contributed by atoms with Gasteiger partial charge in [-0.05, 0) is 30.9 Å². The number of benzene rings is 1. The zero-order valence-electron chi connectivity index (χ0n) is 13.1. The largest absolute Gasteiger partial charge is 0.494 e. The summed E-state index contributed by atoms with van der Waals surface area (Å²) in [6, 6.07) is 7.44. The molecule has 2 amide bonds. The van der Waals surface area contributed by atoms with Crippen molar-refractivity contribution in [2.45, 2.75) is 38.5 Å². The van der Waals surface area contributed by atoms with Crippen LogP contribution in [0.2, 0.25) is 0 Å². The normalized spacial score (nSPS) is 15.0. The number of carbonyl (C=O) groups excluding carboxylic acids is 1. The van der Waals surface area contributed by atoms with Crippen molar-refractivity contribution in [1.29, 1.82) is 0 Å². The van der Waals surface area contributed by atoms with Crippen molar-refractivity contribution in [2.75, 3.05) is 26.0 Å². The van der Waals surface area contributed by atoms with Gasteiger partial charge in [-0.1, -0.05) is 31.7 Å². The van der Waals surface area contributed by atoms with E-state index in [1.165, 1.54) is 37.0 Å². The third-order valence-corrected chi connectivity index (χ3v) is 3.99. The molecule has 0 aliphatic heterocycles. The Kier molecular flexibility index (Phi) is 5.90. The number of amides is 2. The quantitative estimate of drug-likeness (QED) is 0.800. The molecule has 0 saturated heterocycles. The molecule has 0 aromatic heterocycles. The summed E-state index contributed by atoms with van der Waals surface area (Å²) in [5.41, 5.74) is 0.766. The molecule has 0 spiro atoms. The molecule has 1 fully saturated rings. The average Bonchev–Trinajstić information content (AvgIpc) is 2.97. The smallest absolute Gasteiger partial charge is 0.321 e. The molecule has 4 nitrogen and oxygen atoms in total. The van der Waals surface area contributed by atoms with E-state index in [-0.39, 0.29) is 6.03 Å². The van der Waals surface area contributed by atoms with Gasteiger partial charge in [-0.15, -0.1) is 0 Å². The molecule has 0 atom stereocenters. The van der Waals surface area contributed by atoms with Crippen LogP contribution in [0.3, 0.4) is 0 Å². The highest BCUT2D eigenvalue weighted by Crippen LogP contribution is 2.28. The number of hydrogen-bond acceptors (Lipinski definition) is 2. The molecule has 116 valence electrons. The van der Waals surface area contributed by atoms with E-state index in [4.69, 9.17) is 4.74 Å². The molecule has 4 heteroatoms. The summed E-state index contributed by atoms with van der Waals surface area (Å²) in [5.74, 6) is 1.73. The number of urea groups is 1. The molecule has 0 unspecified atom stereocenters. The third-order valence-electron chi connectivity index (χ3n) is 3.99. The minimum atomic E-state index is -0.131. The van der Waals surface area contributed by atoms with Crippen molar-refractivity contribution in [3.8, 4) is 5.75 Å². The highest BCUT2D eigenvalue weighted by molar-refractivity contribution is 5.89. The monoisotopic (exact) mass is 290 g/mol. The predicted octanol–water partition coefficient (Wildman–Crippen LogP) is 4.13. The maximum absolute atomic E-state index is 11.6. The van der Waals surface area contributed by atoms with Gasteiger partial charge in [-0.25, -0.2) is 4.79 Å². The van der Waals surface area contributed by atoms with E-state index in [1.807, 2.05) is 24.3 Å². The molecule has 0 bridgehead atoms. The van der Waals surface area contributed by atoms with E-state index in [0.29, 0.717) is 0 Å². The zero-order valence-corrected chi connectivity index (χ0v) is 13.1. The Morgan fingerprint density at radius 1 is 1.33 bits per heavy atom. The molecule has 1 aliphatic rings. The Hall–Kier alpha value is -1.71. The SMILES string of the molecule is CN(C)C(=O)Nc1cccc(OCCCC2CCCC2)c1. The highest BCUT2D eigenvalue weighted by Gasteiger charge is 2.14. The first-order chi connectivity index (χ1) is 10.1. The van der Waals surface area contributed by atoms with Gasteiger partial charge in [0.05, 0.1) is 6.61 Å². The average molecular weight is 290 g/mol. The zero-order chi connectivity index (χ0) is 15.1. The van der Waals surface area contributed by atoms with Gasteiger partial charge in [-0.3, -0.25) is 0 Å². The number of anilines is 1. The molecule has 1 aliphatic carbocycles. The van der Waals surface area contributed by atoms with Crippen LogP contribution in [0.15, 0.2) is 24.3 Å². The van der Waals surface area contributed by atoms with Gasteiger partial charge < -0.3 is 15.0 Å². The summed E-state index contributed by atoms with van der Waals surface area (Å²) in [7, 11) is 3.44. The fourth-order valence-corrected chi connectivity index (χ4v) is 2.76. The molecule has 1 N–H and O–H groups in total. The van der Waals surface area contributed by atoms with Gasteiger partial charge in [-0.2, -0.15) is 0 Å². The lowest BCUT2D eigenvalue weighted by atomic mass is 10.0. The van der Waals surface area contributed by atoms with Gasteiger partial charge in [0.25, 0.3) is 0 Å². The van der Waals surface area contributed by atoms with Crippen LogP contribution >= 0.6 is 0 Å². The number of ether oxygens (including phenoxy) is 1. The Morgan fingerprint density at radius 3 is 2.81 bits per heavy atom. The van der Waals surface area contributed by atoms with Crippen molar-refractivity contribution in [2.24, 2.45) is 5.92 Å². The standard InChI is InChI=1S/C17H26N2O2/c1-19(2)17(20)18-15-10-5-11-16(13-15)21-12-6-9-14-7-3-4-8-14/h5,10-11,13-14H,3-4,6-9,12H2,1-2H3,(H,18,20). The Balaban J connectivity index is 1.73. The van der Waals surface area contributed by atoms with Gasteiger partial charge in [0.1, 0.15) is 5.75 Å². The lowest BCUT2D eigenvalue weighted by molar-refractivity contribution is 0.230. The second kappa shape index (κ2) is 7.91. The minimum absolute atomic E-state index is 0.131. The summed E-state index contributed by atoms with van der Waals surface area (Å²) in [4.78, 5) is 13.1. The van der Waals surface area contributed by atoms with Gasteiger partial charge >= 0.3 is 6.03 Å². The fourth-order valence-electron chi connectivity index (χ4n) is 2.76. The highest BCUT2D eigenvalue weighted by atomic mass is 16.5. The fraction of sp³-hybridized carbons (Fsp3) is 0.588.